The molecule has 3 aromatic rings. The van der Waals surface area contributed by atoms with E-state index in [2.05, 4.69) is 32.0 Å². The predicted molar refractivity (Wildman–Crippen MR) is 141 cm³/mol. The minimum atomic E-state index is -0.764. The highest BCUT2D eigenvalue weighted by molar-refractivity contribution is 6.04. The molecule has 8 heteroatoms. The zero-order valence-corrected chi connectivity index (χ0v) is 21.7. The third-order valence-electron chi connectivity index (χ3n) is 6.16. The van der Waals surface area contributed by atoms with Crippen molar-refractivity contribution in [2.75, 3.05) is 36.5 Å². The summed E-state index contributed by atoms with van der Waals surface area (Å²) in [6, 6.07) is 7.50. The average Bonchev–Trinajstić information content (AvgIpc) is 2.86. The molecule has 3 heterocycles. The number of nitrogens with zero attached hydrogens (tertiary/aromatic N) is 3. The number of rotatable bonds is 4. The van der Waals surface area contributed by atoms with Crippen LogP contribution in [0.5, 0.6) is 0 Å². The van der Waals surface area contributed by atoms with E-state index < -0.39 is 23.1 Å². The van der Waals surface area contributed by atoms with Crippen LogP contribution in [0.2, 0.25) is 0 Å². The first-order valence-corrected chi connectivity index (χ1v) is 12.1. The van der Waals surface area contributed by atoms with Gasteiger partial charge in [0.25, 0.3) is 5.91 Å². The van der Waals surface area contributed by atoms with Crippen LogP contribution < -0.4 is 10.2 Å². The van der Waals surface area contributed by atoms with Crippen molar-refractivity contribution < 1.29 is 18.3 Å². The molecule has 1 aromatic carbocycles. The maximum Gasteiger partial charge on any atom is 0.255 e. The highest BCUT2D eigenvalue weighted by atomic mass is 19.1. The summed E-state index contributed by atoms with van der Waals surface area (Å²) < 4.78 is 34.6. The van der Waals surface area contributed by atoms with E-state index in [0.29, 0.717) is 48.8 Å². The number of aryl methyl sites for hydroxylation is 1. The van der Waals surface area contributed by atoms with Crippen molar-refractivity contribution in [3.05, 3.63) is 70.8 Å². The topological polar surface area (TPSA) is 67.4 Å². The number of hydrogen-bond acceptors (Lipinski definition) is 5. The Balaban J connectivity index is 1.70. The van der Waals surface area contributed by atoms with Crippen LogP contribution in [0, 0.1) is 30.5 Å². The van der Waals surface area contributed by atoms with Gasteiger partial charge in [-0.1, -0.05) is 26.7 Å². The number of nitrogens with one attached hydrogen (secondary N) is 1. The van der Waals surface area contributed by atoms with Crippen molar-refractivity contribution >= 4 is 17.3 Å². The van der Waals surface area contributed by atoms with Crippen molar-refractivity contribution in [1.82, 2.24) is 9.97 Å². The van der Waals surface area contributed by atoms with Gasteiger partial charge in [0.2, 0.25) is 5.95 Å². The molecule has 0 radical (unpaired) electrons. The second kappa shape index (κ2) is 10.7. The van der Waals surface area contributed by atoms with Crippen LogP contribution in [0.4, 0.5) is 20.2 Å². The lowest BCUT2D eigenvalue weighted by atomic mass is 9.90. The van der Waals surface area contributed by atoms with Crippen LogP contribution in [0.25, 0.3) is 11.1 Å². The van der Waals surface area contributed by atoms with Crippen LogP contribution in [-0.4, -0.2) is 42.2 Å². The van der Waals surface area contributed by atoms with Gasteiger partial charge in [0.15, 0.2) is 0 Å². The number of hydrogen-bond donors (Lipinski definition) is 1. The van der Waals surface area contributed by atoms with E-state index in [0.717, 1.165) is 17.3 Å². The Labute approximate surface area is 216 Å². The van der Waals surface area contributed by atoms with Crippen LogP contribution in [0.1, 0.15) is 55.0 Å². The van der Waals surface area contributed by atoms with Gasteiger partial charge in [0.1, 0.15) is 11.5 Å². The Morgan fingerprint density at radius 3 is 2.51 bits per heavy atom. The Morgan fingerprint density at radius 1 is 1.11 bits per heavy atom. The number of benzene rings is 1. The molecule has 6 nitrogen and oxygen atoms in total. The molecule has 0 aliphatic carbocycles. The lowest BCUT2D eigenvalue weighted by Crippen LogP contribution is -2.36. The van der Waals surface area contributed by atoms with E-state index in [1.54, 1.807) is 26.1 Å². The number of carbonyl (C=O) groups excluding carboxylic acids is 1. The van der Waals surface area contributed by atoms with E-state index in [1.165, 1.54) is 12.1 Å². The molecule has 0 bridgehead atoms. The summed E-state index contributed by atoms with van der Waals surface area (Å²) in [6.45, 7) is 11.8. The van der Waals surface area contributed by atoms with Gasteiger partial charge >= 0.3 is 0 Å². The summed E-state index contributed by atoms with van der Waals surface area (Å²) in [7, 11) is 0. The van der Waals surface area contributed by atoms with Crippen LogP contribution in [-0.2, 0) is 10.2 Å². The van der Waals surface area contributed by atoms with Gasteiger partial charge in [-0.05, 0) is 55.2 Å². The molecule has 1 fully saturated rings. The molecule has 192 valence electrons. The standard InChI is InChI=1S/C29H30F2N4O2/c1-6-7-23-25(35-8-10-37-11-9-35)13-20(17-32-23)21-16-24(22(30)12-18(21)2)33-28(36)19-14-26(29(3,4)5)34-27(31)15-19/h12-17H,8-11H2,1-5H3,(H,33,36). The van der Waals surface area contributed by atoms with Gasteiger partial charge in [-0.3, -0.25) is 4.79 Å². The van der Waals surface area contributed by atoms with Gasteiger partial charge in [-0.25, -0.2) is 14.4 Å². The molecular formula is C29H30F2N4O2. The number of halogens is 2. The third kappa shape index (κ3) is 5.95. The highest BCUT2D eigenvalue weighted by Gasteiger charge is 2.21. The van der Waals surface area contributed by atoms with E-state index in [-0.39, 0.29) is 11.3 Å². The largest absolute Gasteiger partial charge is 0.378 e. The lowest BCUT2D eigenvalue weighted by Gasteiger charge is -2.29. The number of aromatic nitrogens is 2. The van der Waals surface area contributed by atoms with Crippen molar-refractivity contribution in [3.8, 4) is 23.0 Å². The summed E-state index contributed by atoms with van der Waals surface area (Å²) in [5.74, 6) is 3.98. The Kier molecular flexibility index (Phi) is 7.55. The number of amides is 1. The molecular weight excluding hydrogens is 474 g/mol. The summed E-state index contributed by atoms with van der Waals surface area (Å²) in [6.07, 6.45) is 1.70. The maximum atomic E-state index is 14.9. The zero-order chi connectivity index (χ0) is 26.7. The summed E-state index contributed by atoms with van der Waals surface area (Å²) in [5, 5.41) is 2.60. The first-order valence-electron chi connectivity index (χ1n) is 12.1. The fourth-order valence-corrected chi connectivity index (χ4v) is 4.15. The van der Waals surface area contributed by atoms with Crippen LogP contribution in [0.3, 0.4) is 0 Å². The minimum Gasteiger partial charge on any atom is -0.378 e. The van der Waals surface area contributed by atoms with Crippen molar-refractivity contribution in [2.45, 2.75) is 40.0 Å². The molecule has 0 atom stereocenters. The molecule has 1 aliphatic rings. The number of ether oxygens (including phenoxy) is 1. The normalized spacial score (nSPS) is 13.6. The molecule has 0 spiro atoms. The van der Waals surface area contributed by atoms with E-state index >= 15 is 0 Å². The van der Waals surface area contributed by atoms with Gasteiger partial charge < -0.3 is 15.0 Å². The summed E-state index contributed by atoms with van der Waals surface area (Å²) in [5.41, 5.74) is 3.74. The summed E-state index contributed by atoms with van der Waals surface area (Å²) >= 11 is 0. The van der Waals surface area contributed by atoms with Gasteiger partial charge in [-0.15, -0.1) is 0 Å². The molecule has 1 aliphatic heterocycles. The van der Waals surface area contributed by atoms with Gasteiger partial charge in [-0.2, -0.15) is 4.39 Å². The summed E-state index contributed by atoms with van der Waals surface area (Å²) in [4.78, 5) is 23.6. The molecule has 1 saturated heterocycles. The SMILES string of the molecule is CC#Cc1ncc(-c2cc(NC(=O)c3cc(F)nc(C(C)(C)C)c3)c(F)cc2C)cc1N1CCOCC1. The van der Waals surface area contributed by atoms with Crippen molar-refractivity contribution in [2.24, 2.45) is 0 Å². The molecule has 2 aromatic heterocycles. The van der Waals surface area contributed by atoms with Crippen LogP contribution >= 0.6 is 0 Å². The third-order valence-corrected chi connectivity index (χ3v) is 6.16. The van der Waals surface area contributed by atoms with Crippen molar-refractivity contribution in [3.63, 3.8) is 0 Å². The smallest absolute Gasteiger partial charge is 0.255 e. The second-order valence-electron chi connectivity index (χ2n) is 9.98. The van der Waals surface area contributed by atoms with Gasteiger partial charge in [0, 0.05) is 47.6 Å². The number of morpholine rings is 1. The number of carbonyl (C=O) groups is 1. The van der Waals surface area contributed by atoms with Crippen LogP contribution in [0.15, 0.2) is 36.5 Å². The molecule has 37 heavy (non-hydrogen) atoms. The minimum absolute atomic E-state index is 0.00882. The fraction of sp³-hybridized carbons (Fsp3) is 0.345. The Hall–Kier alpha value is -3.83. The van der Waals surface area contributed by atoms with Gasteiger partial charge in [0.05, 0.1) is 24.6 Å². The zero-order valence-electron chi connectivity index (χ0n) is 21.7. The monoisotopic (exact) mass is 504 g/mol. The highest BCUT2D eigenvalue weighted by Crippen LogP contribution is 2.32. The molecule has 0 saturated carbocycles. The fourth-order valence-electron chi connectivity index (χ4n) is 4.15. The number of anilines is 2. The first kappa shape index (κ1) is 26.2. The molecule has 1 amide bonds. The van der Waals surface area contributed by atoms with Crippen molar-refractivity contribution in [1.29, 1.82) is 0 Å². The van der Waals surface area contributed by atoms with E-state index in [4.69, 9.17) is 4.74 Å². The number of pyridine rings is 2. The predicted octanol–water partition coefficient (Wildman–Crippen LogP) is 5.49. The average molecular weight is 505 g/mol. The van der Waals surface area contributed by atoms with E-state index in [1.807, 2.05) is 26.8 Å². The second-order valence-corrected chi connectivity index (χ2v) is 9.98. The lowest BCUT2D eigenvalue weighted by molar-refractivity contribution is 0.102. The maximum absolute atomic E-state index is 14.9. The Bertz CT molecular complexity index is 1400. The van der Waals surface area contributed by atoms with E-state index in [9.17, 15) is 13.6 Å². The molecule has 0 unspecified atom stereocenters. The molecule has 1 N–H and O–H groups in total. The Morgan fingerprint density at radius 2 is 1.84 bits per heavy atom. The first-order chi connectivity index (χ1) is 17.6. The molecule has 4 rings (SSSR count). The quantitative estimate of drug-likeness (QED) is 0.376.